The third kappa shape index (κ3) is 6.12. The molecule has 1 aliphatic rings. The zero-order valence-electron chi connectivity index (χ0n) is 17.0. The SMILES string of the molecule is COCCN(Cc1ccccn1)C(=O)C1CCCN(C(=O)Cc2ccccc2)C1. The van der Waals surface area contributed by atoms with Crippen molar-refractivity contribution in [1.29, 1.82) is 0 Å². The highest BCUT2D eigenvalue weighted by Gasteiger charge is 2.31. The van der Waals surface area contributed by atoms with Gasteiger partial charge in [0, 0.05) is 32.9 Å². The molecule has 1 aromatic heterocycles. The van der Waals surface area contributed by atoms with E-state index in [9.17, 15) is 9.59 Å². The molecule has 154 valence electrons. The van der Waals surface area contributed by atoms with Crippen LogP contribution >= 0.6 is 0 Å². The maximum atomic E-state index is 13.2. The first kappa shape index (κ1) is 21.0. The Morgan fingerprint density at radius 2 is 1.97 bits per heavy atom. The van der Waals surface area contributed by atoms with Crippen LogP contribution in [0.25, 0.3) is 0 Å². The van der Waals surface area contributed by atoms with Gasteiger partial charge < -0.3 is 14.5 Å². The zero-order valence-corrected chi connectivity index (χ0v) is 17.0. The molecular formula is C23H29N3O3. The lowest BCUT2D eigenvalue weighted by molar-refractivity contribution is -0.141. The average Bonchev–Trinajstić information content (AvgIpc) is 2.77. The number of hydrogen-bond acceptors (Lipinski definition) is 4. The zero-order chi connectivity index (χ0) is 20.5. The van der Waals surface area contributed by atoms with Crippen LogP contribution in [0.4, 0.5) is 0 Å². The van der Waals surface area contributed by atoms with Crippen molar-refractivity contribution in [1.82, 2.24) is 14.8 Å². The second-order valence-corrected chi connectivity index (χ2v) is 7.41. The van der Waals surface area contributed by atoms with Crippen molar-refractivity contribution in [2.24, 2.45) is 5.92 Å². The fraction of sp³-hybridized carbons (Fsp3) is 0.435. The molecule has 1 aromatic carbocycles. The van der Waals surface area contributed by atoms with Crippen molar-refractivity contribution in [3.05, 3.63) is 66.0 Å². The number of ether oxygens (including phenoxy) is 1. The molecule has 1 fully saturated rings. The van der Waals surface area contributed by atoms with Crippen molar-refractivity contribution in [3.8, 4) is 0 Å². The first-order chi connectivity index (χ1) is 14.2. The third-order valence-corrected chi connectivity index (χ3v) is 5.28. The topological polar surface area (TPSA) is 62.7 Å². The Balaban J connectivity index is 1.63. The van der Waals surface area contributed by atoms with Gasteiger partial charge in [0.15, 0.2) is 0 Å². The van der Waals surface area contributed by atoms with Gasteiger partial charge >= 0.3 is 0 Å². The standard InChI is InChI=1S/C23H29N3O3/c1-29-15-14-26(18-21-11-5-6-12-24-21)23(28)20-10-7-13-25(17-20)22(27)16-19-8-3-2-4-9-19/h2-6,8-9,11-12,20H,7,10,13-18H2,1H3. The number of benzene rings is 1. The van der Waals surface area contributed by atoms with Gasteiger partial charge in [0.2, 0.25) is 11.8 Å². The Morgan fingerprint density at radius 1 is 1.17 bits per heavy atom. The van der Waals surface area contributed by atoms with Crippen LogP contribution in [0.2, 0.25) is 0 Å². The lowest BCUT2D eigenvalue weighted by atomic mass is 9.95. The van der Waals surface area contributed by atoms with Crippen LogP contribution in [0.5, 0.6) is 0 Å². The minimum Gasteiger partial charge on any atom is -0.383 e. The second kappa shape index (κ2) is 10.7. The molecule has 0 radical (unpaired) electrons. The molecule has 6 nitrogen and oxygen atoms in total. The molecule has 0 bridgehead atoms. The number of hydrogen-bond donors (Lipinski definition) is 0. The fourth-order valence-electron chi connectivity index (χ4n) is 3.70. The van der Waals surface area contributed by atoms with Gasteiger partial charge in [-0.25, -0.2) is 0 Å². The van der Waals surface area contributed by atoms with E-state index >= 15 is 0 Å². The summed E-state index contributed by atoms with van der Waals surface area (Å²) in [6.45, 7) is 2.64. The number of aromatic nitrogens is 1. The van der Waals surface area contributed by atoms with E-state index in [0.29, 0.717) is 39.2 Å². The molecule has 1 atom stereocenters. The molecule has 2 amide bonds. The van der Waals surface area contributed by atoms with Gasteiger partial charge in [0.25, 0.3) is 0 Å². The lowest BCUT2D eigenvalue weighted by Crippen LogP contribution is -2.47. The van der Waals surface area contributed by atoms with Crippen LogP contribution in [0.3, 0.4) is 0 Å². The van der Waals surface area contributed by atoms with Gasteiger partial charge in [-0.15, -0.1) is 0 Å². The molecular weight excluding hydrogens is 366 g/mol. The first-order valence-electron chi connectivity index (χ1n) is 10.2. The highest BCUT2D eigenvalue weighted by atomic mass is 16.5. The molecule has 29 heavy (non-hydrogen) atoms. The van der Waals surface area contributed by atoms with Crippen molar-refractivity contribution < 1.29 is 14.3 Å². The molecule has 2 aromatic rings. The van der Waals surface area contributed by atoms with E-state index < -0.39 is 0 Å². The van der Waals surface area contributed by atoms with Crippen molar-refractivity contribution in [2.45, 2.75) is 25.8 Å². The smallest absolute Gasteiger partial charge is 0.227 e. The molecule has 0 saturated carbocycles. The Morgan fingerprint density at radius 3 is 2.69 bits per heavy atom. The normalized spacial score (nSPS) is 16.4. The number of nitrogens with zero attached hydrogens (tertiary/aromatic N) is 3. The molecule has 3 rings (SSSR count). The molecule has 1 aliphatic heterocycles. The van der Waals surface area contributed by atoms with Gasteiger partial charge in [-0.05, 0) is 30.5 Å². The number of methoxy groups -OCH3 is 1. The minimum atomic E-state index is -0.177. The largest absolute Gasteiger partial charge is 0.383 e. The predicted octanol–water partition coefficient (Wildman–Crippen LogP) is 2.54. The molecule has 6 heteroatoms. The van der Waals surface area contributed by atoms with Crippen LogP contribution in [0.15, 0.2) is 54.7 Å². The van der Waals surface area contributed by atoms with Crippen molar-refractivity contribution in [3.63, 3.8) is 0 Å². The summed E-state index contributed by atoms with van der Waals surface area (Å²) in [5.41, 5.74) is 1.85. The number of carbonyl (C=O) groups excluding carboxylic acids is 2. The predicted molar refractivity (Wildman–Crippen MR) is 111 cm³/mol. The van der Waals surface area contributed by atoms with Gasteiger partial charge in [-0.1, -0.05) is 36.4 Å². The second-order valence-electron chi connectivity index (χ2n) is 7.41. The summed E-state index contributed by atoms with van der Waals surface area (Å²) in [4.78, 5) is 34.0. The van der Waals surface area contributed by atoms with Gasteiger partial charge in [0.1, 0.15) is 0 Å². The van der Waals surface area contributed by atoms with Crippen LogP contribution in [-0.2, 0) is 27.3 Å². The molecule has 0 N–H and O–H groups in total. The molecule has 0 spiro atoms. The monoisotopic (exact) mass is 395 g/mol. The quantitative estimate of drug-likeness (QED) is 0.689. The lowest BCUT2D eigenvalue weighted by Gasteiger charge is -2.35. The van der Waals surface area contributed by atoms with E-state index in [1.807, 2.05) is 58.3 Å². The number of likely N-dealkylation sites (tertiary alicyclic amines) is 1. The highest BCUT2D eigenvalue weighted by molar-refractivity contribution is 5.82. The van der Waals surface area contributed by atoms with Crippen molar-refractivity contribution in [2.75, 3.05) is 33.4 Å². The van der Waals surface area contributed by atoms with Crippen LogP contribution < -0.4 is 0 Å². The van der Waals surface area contributed by atoms with Gasteiger partial charge in [0.05, 0.1) is 31.2 Å². The maximum Gasteiger partial charge on any atom is 0.227 e. The van der Waals surface area contributed by atoms with Gasteiger partial charge in [-0.2, -0.15) is 0 Å². The maximum absolute atomic E-state index is 13.2. The first-order valence-corrected chi connectivity index (χ1v) is 10.2. The third-order valence-electron chi connectivity index (χ3n) is 5.28. The highest BCUT2D eigenvalue weighted by Crippen LogP contribution is 2.21. The fourth-order valence-corrected chi connectivity index (χ4v) is 3.70. The van der Waals surface area contributed by atoms with Crippen LogP contribution in [0.1, 0.15) is 24.1 Å². The molecule has 1 unspecified atom stereocenters. The summed E-state index contributed by atoms with van der Waals surface area (Å²) in [7, 11) is 1.63. The summed E-state index contributed by atoms with van der Waals surface area (Å²) in [5.74, 6) is -0.0178. The van der Waals surface area contributed by atoms with Crippen molar-refractivity contribution >= 4 is 11.8 Å². The van der Waals surface area contributed by atoms with E-state index in [-0.39, 0.29) is 17.7 Å². The van der Waals surface area contributed by atoms with Crippen LogP contribution in [-0.4, -0.2) is 59.9 Å². The van der Waals surface area contributed by atoms with E-state index in [4.69, 9.17) is 4.74 Å². The molecule has 1 saturated heterocycles. The van der Waals surface area contributed by atoms with Gasteiger partial charge in [-0.3, -0.25) is 14.6 Å². The van der Waals surface area contributed by atoms with E-state index in [2.05, 4.69) is 4.98 Å². The summed E-state index contributed by atoms with van der Waals surface area (Å²) < 4.78 is 5.19. The summed E-state index contributed by atoms with van der Waals surface area (Å²) in [6, 6.07) is 15.5. The Kier molecular flexibility index (Phi) is 7.76. The van der Waals surface area contributed by atoms with E-state index in [1.165, 1.54) is 0 Å². The summed E-state index contributed by atoms with van der Waals surface area (Å²) in [5, 5.41) is 0. The molecule has 0 aliphatic carbocycles. The number of piperidine rings is 1. The number of pyridine rings is 1. The Bertz CT molecular complexity index is 782. The average molecular weight is 396 g/mol. The minimum absolute atomic E-state index is 0.0740. The summed E-state index contributed by atoms with van der Waals surface area (Å²) >= 11 is 0. The number of amides is 2. The number of carbonyl (C=O) groups is 2. The van der Waals surface area contributed by atoms with Crippen LogP contribution in [0, 0.1) is 5.92 Å². The van der Waals surface area contributed by atoms with E-state index in [0.717, 1.165) is 24.1 Å². The number of rotatable bonds is 8. The Labute approximate surface area is 172 Å². The summed E-state index contributed by atoms with van der Waals surface area (Å²) in [6.07, 6.45) is 3.76. The van der Waals surface area contributed by atoms with E-state index in [1.54, 1.807) is 13.3 Å². The molecule has 2 heterocycles. The Hall–Kier alpha value is -2.73.